The molecule has 0 aliphatic carbocycles. The van der Waals surface area contributed by atoms with Crippen LogP contribution in [0.15, 0.2) is 23.1 Å². The van der Waals surface area contributed by atoms with E-state index in [2.05, 4.69) is 4.74 Å². The third-order valence-corrected chi connectivity index (χ3v) is 6.86. The van der Waals surface area contributed by atoms with Gasteiger partial charge in [-0.3, -0.25) is 8.75 Å². The van der Waals surface area contributed by atoms with Crippen LogP contribution in [0, 0.1) is 6.92 Å². The summed E-state index contributed by atoms with van der Waals surface area (Å²) >= 11 is 0. The van der Waals surface area contributed by atoms with E-state index >= 15 is 0 Å². The van der Waals surface area contributed by atoms with Crippen LogP contribution >= 0.6 is 7.37 Å². The maximum Gasteiger partial charge on any atom is 0.573 e. The Hall–Kier alpha value is -1.09. The first-order valence-corrected chi connectivity index (χ1v) is 10.7. The first-order valence-electron chi connectivity index (χ1n) is 7.31. The van der Waals surface area contributed by atoms with Crippen LogP contribution in [-0.4, -0.2) is 33.4 Å². The zero-order chi connectivity index (χ0) is 19.5. The van der Waals surface area contributed by atoms with Crippen LogP contribution in [0.4, 0.5) is 13.2 Å². The number of benzene rings is 1. The molecule has 1 unspecified atom stereocenters. The fourth-order valence-corrected chi connectivity index (χ4v) is 5.23. The lowest BCUT2D eigenvalue weighted by molar-refractivity contribution is -0.275. The molecule has 0 saturated carbocycles. The van der Waals surface area contributed by atoms with Gasteiger partial charge in [0.05, 0.1) is 6.10 Å². The van der Waals surface area contributed by atoms with Crippen LogP contribution in [0.5, 0.6) is 5.75 Å². The van der Waals surface area contributed by atoms with Gasteiger partial charge in [-0.05, 0) is 32.4 Å². The SMILES string of the molecule is CCP(=O)(COS(=O)(=O)c1c(C)cccc1OC(F)(F)F)OC(C)C. The minimum Gasteiger partial charge on any atom is -0.404 e. The molecular weight excluding hydrogens is 384 g/mol. The Morgan fingerprint density at radius 2 is 1.84 bits per heavy atom. The number of alkyl halides is 3. The number of hydrogen-bond donors (Lipinski definition) is 0. The molecule has 144 valence electrons. The van der Waals surface area contributed by atoms with Gasteiger partial charge in [0.1, 0.15) is 11.2 Å². The second-order valence-electron chi connectivity index (χ2n) is 5.44. The summed E-state index contributed by atoms with van der Waals surface area (Å²) in [6, 6.07) is 3.37. The Balaban J connectivity index is 3.16. The van der Waals surface area contributed by atoms with Crippen LogP contribution in [0.3, 0.4) is 0 Å². The van der Waals surface area contributed by atoms with Gasteiger partial charge in [0.15, 0.2) is 5.75 Å². The van der Waals surface area contributed by atoms with Gasteiger partial charge in [-0.15, -0.1) is 13.2 Å². The van der Waals surface area contributed by atoms with Crippen molar-refractivity contribution in [1.82, 2.24) is 0 Å². The zero-order valence-electron chi connectivity index (χ0n) is 14.2. The summed E-state index contributed by atoms with van der Waals surface area (Å²) in [6.45, 7) is 6.06. The maximum atomic E-state index is 12.5. The number of ether oxygens (including phenoxy) is 1. The zero-order valence-corrected chi connectivity index (χ0v) is 15.9. The van der Waals surface area contributed by atoms with Gasteiger partial charge >= 0.3 is 16.5 Å². The minimum absolute atomic E-state index is 0.00198. The molecule has 0 aliphatic heterocycles. The Morgan fingerprint density at radius 3 is 2.32 bits per heavy atom. The molecule has 0 bridgehead atoms. The molecular formula is C14H20F3O6PS. The van der Waals surface area contributed by atoms with Crippen molar-refractivity contribution in [3.05, 3.63) is 23.8 Å². The van der Waals surface area contributed by atoms with Crippen LogP contribution in [-0.2, 0) is 23.4 Å². The molecule has 1 atom stereocenters. The molecule has 0 N–H and O–H groups in total. The van der Waals surface area contributed by atoms with E-state index in [0.29, 0.717) is 0 Å². The van der Waals surface area contributed by atoms with Crippen molar-refractivity contribution in [2.24, 2.45) is 0 Å². The van der Waals surface area contributed by atoms with Crippen molar-refractivity contribution in [2.75, 3.05) is 12.5 Å². The van der Waals surface area contributed by atoms with E-state index in [1.165, 1.54) is 26.0 Å². The van der Waals surface area contributed by atoms with E-state index in [1.807, 2.05) is 0 Å². The summed E-state index contributed by atoms with van der Waals surface area (Å²) < 4.78 is 88.4. The van der Waals surface area contributed by atoms with Crippen LogP contribution in [0.2, 0.25) is 0 Å². The summed E-state index contributed by atoms with van der Waals surface area (Å²) in [7, 11) is -8.06. The first-order chi connectivity index (χ1) is 11.3. The lowest BCUT2D eigenvalue weighted by atomic mass is 10.2. The van der Waals surface area contributed by atoms with E-state index in [4.69, 9.17) is 8.71 Å². The molecule has 0 radical (unpaired) electrons. The molecule has 0 saturated heterocycles. The molecule has 0 amide bonds. The van der Waals surface area contributed by atoms with Crippen LogP contribution in [0.25, 0.3) is 0 Å². The van der Waals surface area contributed by atoms with Crippen molar-refractivity contribution >= 4 is 17.5 Å². The largest absolute Gasteiger partial charge is 0.573 e. The highest BCUT2D eigenvalue weighted by Crippen LogP contribution is 2.48. The highest BCUT2D eigenvalue weighted by molar-refractivity contribution is 7.87. The van der Waals surface area contributed by atoms with Crippen molar-refractivity contribution < 1.29 is 39.6 Å². The number of halogens is 3. The van der Waals surface area contributed by atoms with E-state index < -0.39 is 46.9 Å². The Labute approximate surface area is 144 Å². The van der Waals surface area contributed by atoms with Gasteiger partial charge < -0.3 is 9.26 Å². The second-order valence-corrected chi connectivity index (χ2v) is 9.72. The molecule has 1 rings (SSSR count). The Kier molecular flexibility index (Phi) is 7.09. The van der Waals surface area contributed by atoms with Gasteiger partial charge in [0, 0.05) is 6.16 Å². The topological polar surface area (TPSA) is 78.9 Å². The minimum atomic E-state index is -5.07. The summed E-state index contributed by atoms with van der Waals surface area (Å²) in [6.07, 6.45) is -6.26. The molecule has 11 heteroatoms. The fraction of sp³-hybridized carbons (Fsp3) is 0.571. The second kappa shape index (κ2) is 8.07. The predicted molar refractivity (Wildman–Crippen MR) is 85.4 cm³/mol. The molecule has 1 aromatic rings. The van der Waals surface area contributed by atoms with E-state index in [9.17, 15) is 26.2 Å². The molecule has 25 heavy (non-hydrogen) atoms. The Bertz CT molecular complexity index is 745. The summed E-state index contributed by atoms with van der Waals surface area (Å²) in [5.41, 5.74) is -0.00198. The number of rotatable bonds is 8. The molecule has 0 heterocycles. The molecule has 0 spiro atoms. The van der Waals surface area contributed by atoms with Gasteiger partial charge in [-0.1, -0.05) is 19.1 Å². The van der Waals surface area contributed by atoms with Crippen molar-refractivity contribution in [1.29, 1.82) is 0 Å². The molecule has 0 aromatic heterocycles. The Morgan fingerprint density at radius 1 is 1.24 bits per heavy atom. The van der Waals surface area contributed by atoms with Gasteiger partial charge in [-0.2, -0.15) is 8.42 Å². The lowest BCUT2D eigenvalue weighted by Crippen LogP contribution is -2.20. The number of aryl methyl sites for hydroxylation is 1. The van der Waals surface area contributed by atoms with Crippen LogP contribution < -0.4 is 4.74 Å². The summed E-state index contributed by atoms with van der Waals surface area (Å²) in [5.74, 6) is -0.913. The average Bonchev–Trinajstić information content (AvgIpc) is 2.42. The summed E-state index contributed by atoms with van der Waals surface area (Å²) in [5, 5.41) is 0. The standard InChI is InChI=1S/C14H20F3O6PS/c1-5-24(18,23-10(2)3)9-21-25(19,20)13-11(4)7-6-8-12(13)22-14(15,16)17/h6-8,10H,5,9H2,1-4H3. The lowest BCUT2D eigenvalue weighted by Gasteiger charge is -2.20. The smallest absolute Gasteiger partial charge is 0.404 e. The van der Waals surface area contributed by atoms with E-state index in [1.54, 1.807) is 13.8 Å². The first kappa shape index (κ1) is 22.0. The quantitative estimate of drug-likeness (QED) is 0.475. The van der Waals surface area contributed by atoms with Crippen molar-refractivity contribution in [2.45, 2.75) is 45.1 Å². The normalized spacial score (nSPS) is 15.2. The van der Waals surface area contributed by atoms with Crippen molar-refractivity contribution in [3.8, 4) is 5.75 Å². The van der Waals surface area contributed by atoms with Gasteiger partial charge in [-0.25, -0.2) is 0 Å². The molecule has 0 aliphatic rings. The van der Waals surface area contributed by atoms with Crippen LogP contribution in [0.1, 0.15) is 26.3 Å². The third kappa shape index (κ3) is 6.62. The van der Waals surface area contributed by atoms with E-state index in [-0.39, 0.29) is 11.7 Å². The van der Waals surface area contributed by atoms with Gasteiger partial charge in [0.2, 0.25) is 7.37 Å². The molecule has 1 aromatic carbocycles. The number of hydrogen-bond acceptors (Lipinski definition) is 6. The predicted octanol–water partition coefficient (Wildman–Crippen LogP) is 4.28. The van der Waals surface area contributed by atoms with Crippen molar-refractivity contribution in [3.63, 3.8) is 0 Å². The maximum absolute atomic E-state index is 12.5. The third-order valence-electron chi connectivity index (χ3n) is 2.94. The molecule has 0 fully saturated rings. The highest BCUT2D eigenvalue weighted by atomic mass is 32.2. The average molecular weight is 404 g/mol. The fourth-order valence-electron chi connectivity index (χ4n) is 1.94. The van der Waals surface area contributed by atoms with E-state index in [0.717, 1.165) is 6.07 Å². The molecule has 6 nitrogen and oxygen atoms in total. The monoisotopic (exact) mass is 404 g/mol. The highest BCUT2D eigenvalue weighted by Gasteiger charge is 2.36. The summed E-state index contributed by atoms with van der Waals surface area (Å²) in [4.78, 5) is -0.764. The van der Waals surface area contributed by atoms with Gasteiger partial charge in [0.25, 0.3) is 0 Å².